The molecule has 1 amide bonds. The van der Waals surface area contributed by atoms with E-state index in [1.165, 1.54) is 4.90 Å². The maximum Gasteiger partial charge on any atom is 0.228 e. The van der Waals surface area contributed by atoms with Crippen LogP contribution in [-0.2, 0) is 11.2 Å². The molecule has 0 bridgehead atoms. The van der Waals surface area contributed by atoms with E-state index in [1.54, 1.807) is 32.2 Å². The third-order valence-corrected chi connectivity index (χ3v) is 3.71. The Bertz CT molecular complexity index is 611. The highest BCUT2D eigenvalue weighted by molar-refractivity contribution is 7.08. The maximum atomic E-state index is 12.2. The second-order valence-corrected chi connectivity index (χ2v) is 6.55. The first-order chi connectivity index (χ1) is 9.76. The minimum atomic E-state index is -0.912. The van der Waals surface area contributed by atoms with Gasteiger partial charge in [-0.25, -0.2) is 4.98 Å². The minimum absolute atomic E-state index is 0.0922. The summed E-state index contributed by atoms with van der Waals surface area (Å²) in [5.41, 5.74) is 0.654. The molecule has 0 unspecified atom stereocenters. The average molecular weight is 308 g/mol. The third-order valence-electron chi connectivity index (χ3n) is 3.03. The number of carbonyl (C=O) groups excluding carboxylic acids is 1. The normalized spacial score (nSPS) is 11.7. The SMILES string of the molecule is Cc1oc(-c2ccsc2)nc1CC(=O)N(C)CC(C)(C)O. The van der Waals surface area contributed by atoms with Crippen molar-refractivity contribution >= 4 is 17.2 Å². The minimum Gasteiger partial charge on any atom is -0.441 e. The van der Waals surface area contributed by atoms with Gasteiger partial charge >= 0.3 is 0 Å². The average Bonchev–Trinajstić information content (AvgIpc) is 2.97. The van der Waals surface area contributed by atoms with E-state index in [4.69, 9.17) is 4.42 Å². The summed E-state index contributed by atoms with van der Waals surface area (Å²) in [5.74, 6) is 1.10. The molecular formula is C15H20N2O3S. The number of thiophene rings is 1. The maximum absolute atomic E-state index is 12.2. The van der Waals surface area contributed by atoms with Gasteiger partial charge in [0.05, 0.1) is 17.7 Å². The number of nitrogens with zero attached hydrogens (tertiary/aromatic N) is 2. The fourth-order valence-corrected chi connectivity index (χ4v) is 2.68. The van der Waals surface area contributed by atoms with Gasteiger partial charge in [0.1, 0.15) is 5.76 Å². The third kappa shape index (κ3) is 4.15. The van der Waals surface area contributed by atoms with E-state index >= 15 is 0 Å². The molecule has 0 saturated heterocycles. The van der Waals surface area contributed by atoms with Gasteiger partial charge in [-0.05, 0) is 32.2 Å². The summed E-state index contributed by atoms with van der Waals surface area (Å²) in [4.78, 5) is 18.1. The topological polar surface area (TPSA) is 66.6 Å². The van der Waals surface area contributed by atoms with Crippen LogP contribution >= 0.6 is 11.3 Å². The van der Waals surface area contributed by atoms with Crippen LogP contribution in [0.15, 0.2) is 21.2 Å². The van der Waals surface area contributed by atoms with Crippen LogP contribution in [0.1, 0.15) is 25.3 Å². The van der Waals surface area contributed by atoms with E-state index in [-0.39, 0.29) is 18.9 Å². The van der Waals surface area contributed by atoms with Gasteiger partial charge in [-0.2, -0.15) is 11.3 Å². The summed E-state index contributed by atoms with van der Waals surface area (Å²) < 4.78 is 5.62. The Morgan fingerprint density at radius 2 is 2.24 bits per heavy atom. The first-order valence-electron chi connectivity index (χ1n) is 6.71. The van der Waals surface area contributed by atoms with Crippen molar-refractivity contribution in [3.05, 3.63) is 28.3 Å². The highest BCUT2D eigenvalue weighted by atomic mass is 32.1. The molecule has 114 valence electrons. The number of hydrogen-bond donors (Lipinski definition) is 1. The Kier molecular flexibility index (Phi) is 4.49. The molecule has 21 heavy (non-hydrogen) atoms. The van der Waals surface area contributed by atoms with Gasteiger partial charge in [0.25, 0.3) is 0 Å². The molecule has 0 saturated carbocycles. The van der Waals surface area contributed by atoms with E-state index in [0.717, 1.165) is 5.56 Å². The number of amides is 1. The summed E-state index contributed by atoms with van der Waals surface area (Å²) in [7, 11) is 1.68. The molecule has 2 aromatic rings. The van der Waals surface area contributed by atoms with E-state index in [0.29, 0.717) is 17.3 Å². The Labute approximate surface area is 128 Å². The molecule has 2 aromatic heterocycles. The fraction of sp³-hybridized carbons (Fsp3) is 0.467. The van der Waals surface area contributed by atoms with Crippen LogP contribution in [0.4, 0.5) is 0 Å². The van der Waals surface area contributed by atoms with Crippen LogP contribution in [0.2, 0.25) is 0 Å². The lowest BCUT2D eigenvalue weighted by atomic mass is 10.1. The molecule has 0 spiro atoms. The fourth-order valence-electron chi connectivity index (χ4n) is 2.05. The second-order valence-electron chi connectivity index (χ2n) is 5.77. The molecule has 0 radical (unpaired) electrons. The molecule has 2 heterocycles. The van der Waals surface area contributed by atoms with E-state index in [2.05, 4.69) is 4.98 Å². The van der Waals surface area contributed by atoms with Crippen LogP contribution < -0.4 is 0 Å². The number of oxazole rings is 1. The summed E-state index contributed by atoms with van der Waals surface area (Å²) in [6.45, 7) is 5.43. The molecule has 1 N–H and O–H groups in total. The summed E-state index contributed by atoms with van der Waals surface area (Å²) in [5, 5.41) is 13.7. The van der Waals surface area contributed by atoms with Crippen molar-refractivity contribution < 1.29 is 14.3 Å². The Morgan fingerprint density at radius 1 is 1.52 bits per heavy atom. The zero-order valence-electron chi connectivity index (χ0n) is 12.7. The molecule has 6 heteroatoms. The van der Waals surface area contributed by atoms with Crippen molar-refractivity contribution in [2.75, 3.05) is 13.6 Å². The Balaban J connectivity index is 2.08. The van der Waals surface area contributed by atoms with Crippen LogP contribution in [0, 0.1) is 6.92 Å². The molecule has 0 aliphatic heterocycles. The smallest absolute Gasteiger partial charge is 0.228 e. The van der Waals surface area contributed by atoms with Crippen LogP contribution in [-0.4, -0.2) is 40.1 Å². The number of carbonyl (C=O) groups is 1. The molecule has 2 rings (SSSR count). The number of aromatic nitrogens is 1. The van der Waals surface area contributed by atoms with Crippen molar-refractivity contribution in [1.82, 2.24) is 9.88 Å². The summed E-state index contributed by atoms with van der Waals surface area (Å²) >= 11 is 1.57. The van der Waals surface area contributed by atoms with Crippen LogP contribution in [0.5, 0.6) is 0 Å². The number of aryl methyl sites for hydroxylation is 1. The molecule has 0 aromatic carbocycles. The van der Waals surface area contributed by atoms with Crippen molar-refractivity contribution in [2.24, 2.45) is 0 Å². The second kappa shape index (κ2) is 5.99. The van der Waals surface area contributed by atoms with Gasteiger partial charge in [0, 0.05) is 24.5 Å². The van der Waals surface area contributed by atoms with E-state index < -0.39 is 5.60 Å². The number of aliphatic hydroxyl groups is 1. The first kappa shape index (κ1) is 15.7. The summed E-state index contributed by atoms with van der Waals surface area (Å²) in [6.07, 6.45) is 0.173. The van der Waals surface area contributed by atoms with E-state index in [1.807, 2.05) is 23.8 Å². The monoisotopic (exact) mass is 308 g/mol. The molecule has 0 aliphatic carbocycles. The number of likely N-dealkylation sites (N-methyl/N-ethyl adjacent to an activating group) is 1. The predicted octanol–water partition coefficient (Wildman–Crippen LogP) is 2.48. The predicted molar refractivity (Wildman–Crippen MR) is 82.2 cm³/mol. The van der Waals surface area contributed by atoms with Crippen LogP contribution in [0.25, 0.3) is 11.5 Å². The molecule has 5 nitrogen and oxygen atoms in total. The van der Waals surface area contributed by atoms with Gasteiger partial charge in [-0.1, -0.05) is 0 Å². The lowest BCUT2D eigenvalue weighted by Crippen LogP contribution is -2.40. The van der Waals surface area contributed by atoms with E-state index in [9.17, 15) is 9.90 Å². The van der Waals surface area contributed by atoms with Gasteiger partial charge in [0.2, 0.25) is 11.8 Å². The number of rotatable bonds is 5. The zero-order chi connectivity index (χ0) is 15.6. The van der Waals surface area contributed by atoms with Crippen LogP contribution in [0.3, 0.4) is 0 Å². The molecule has 0 atom stereocenters. The van der Waals surface area contributed by atoms with Gasteiger partial charge in [-0.3, -0.25) is 4.79 Å². The Morgan fingerprint density at radius 3 is 2.81 bits per heavy atom. The zero-order valence-corrected chi connectivity index (χ0v) is 13.5. The molecular weight excluding hydrogens is 288 g/mol. The van der Waals surface area contributed by atoms with Gasteiger partial charge in [-0.15, -0.1) is 0 Å². The highest BCUT2D eigenvalue weighted by Gasteiger charge is 2.21. The van der Waals surface area contributed by atoms with Crippen molar-refractivity contribution in [3.8, 4) is 11.5 Å². The van der Waals surface area contributed by atoms with Crippen molar-refractivity contribution in [1.29, 1.82) is 0 Å². The summed E-state index contributed by atoms with van der Waals surface area (Å²) in [6, 6.07) is 1.93. The lowest BCUT2D eigenvalue weighted by molar-refractivity contribution is -0.131. The largest absolute Gasteiger partial charge is 0.441 e. The van der Waals surface area contributed by atoms with Crippen molar-refractivity contribution in [2.45, 2.75) is 32.8 Å². The standard InChI is InChI=1S/C15H20N2O3S/c1-10-12(7-13(18)17(4)9-15(2,3)19)16-14(20-10)11-5-6-21-8-11/h5-6,8,19H,7,9H2,1-4H3. The quantitative estimate of drug-likeness (QED) is 0.921. The van der Waals surface area contributed by atoms with Gasteiger partial charge < -0.3 is 14.4 Å². The highest BCUT2D eigenvalue weighted by Crippen LogP contribution is 2.24. The lowest BCUT2D eigenvalue weighted by Gasteiger charge is -2.25. The first-order valence-corrected chi connectivity index (χ1v) is 7.66. The van der Waals surface area contributed by atoms with Crippen molar-refractivity contribution in [3.63, 3.8) is 0 Å². The Hall–Kier alpha value is -1.66. The van der Waals surface area contributed by atoms with Gasteiger partial charge in [0.15, 0.2) is 0 Å². The number of hydrogen-bond acceptors (Lipinski definition) is 5. The molecule has 0 fully saturated rings. The molecule has 0 aliphatic rings.